The van der Waals surface area contributed by atoms with Gasteiger partial charge in [0.1, 0.15) is 30.5 Å². The molecule has 1 saturated carbocycles. The fourth-order valence-electron chi connectivity index (χ4n) is 5.60. The maximum absolute atomic E-state index is 11.8. The van der Waals surface area contributed by atoms with Gasteiger partial charge in [-0.3, -0.25) is 9.59 Å². The van der Waals surface area contributed by atoms with Crippen LogP contribution in [0.15, 0.2) is 11.6 Å². The summed E-state index contributed by atoms with van der Waals surface area (Å²) in [7, 11) is 0. The molecule has 0 aromatic carbocycles. The van der Waals surface area contributed by atoms with E-state index < -0.39 is 40.7 Å². The van der Waals surface area contributed by atoms with E-state index in [-0.39, 0.29) is 18.7 Å². The Labute approximate surface area is 152 Å². The minimum atomic E-state index is -0.986. The van der Waals surface area contributed by atoms with E-state index in [0.29, 0.717) is 13.0 Å². The highest BCUT2D eigenvalue weighted by atomic mass is 16.7. The molecule has 0 radical (unpaired) electrons. The van der Waals surface area contributed by atoms with Crippen molar-refractivity contribution >= 4 is 11.9 Å². The molecule has 2 aliphatic carbocycles. The lowest BCUT2D eigenvalue weighted by Crippen LogP contribution is -2.66. The van der Waals surface area contributed by atoms with Gasteiger partial charge in [-0.15, -0.1) is 0 Å². The Balaban J connectivity index is 1.86. The highest BCUT2D eigenvalue weighted by Gasteiger charge is 2.85. The number of hydrogen-bond donors (Lipinski definition) is 1. The first-order valence-corrected chi connectivity index (χ1v) is 9.13. The molecule has 2 aliphatic heterocycles. The Hall–Kier alpha value is -1.44. The number of esters is 2. The standard InChI is InChI=1S/C19H26O7/c1-10-5-6-18(8-23-11(2)20)13(7-10)26-16-14(22)15(25-12(3)21)17(18,4)19(16)9-24-19/h7,13-16,22H,5-6,8-9H2,1-4H3/t13-,14-,15+,16+,17+,18-,19+/m1/s1. The third-order valence-corrected chi connectivity index (χ3v) is 7.08. The van der Waals surface area contributed by atoms with Crippen molar-refractivity contribution in [1.29, 1.82) is 0 Å². The fourth-order valence-corrected chi connectivity index (χ4v) is 5.60. The van der Waals surface area contributed by atoms with Gasteiger partial charge in [0.15, 0.2) is 0 Å². The molecule has 0 unspecified atom stereocenters. The molecule has 4 aliphatic rings. The molecule has 0 amide bonds. The molecule has 7 atom stereocenters. The molecule has 4 rings (SSSR count). The average molecular weight is 366 g/mol. The summed E-state index contributed by atoms with van der Waals surface area (Å²) in [5, 5.41) is 10.9. The Bertz CT molecular complexity index is 681. The van der Waals surface area contributed by atoms with E-state index in [1.54, 1.807) is 0 Å². The number of epoxide rings is 1. The van der Waals surface area contributed by atoms with Crippen LogP contribution in [0.4, 0.5) is 0 Å². The molecule has 144 valence electrons. The largest absolute Gasteiger partial charge is 0.465 e. The van der Waals surface area contributed by atoms with Gasteiger partial charge in [0.2, 0.25) is 0 Å². The fraction of sp³-hybridized carbons (Fsp3) is 0.789. The molecular formula is C19H26O7. The Kier molecular flexibility index (Phi) is 3.82. The van der Waals surface area contributed by atoms with E-state index in [1.165, 1.54) is 19.4 Å². The smallest absolute Gasteiger partial charge is 0.303 e. The minimum absolute atomic E-state index is 0.135. The zero-order valence-corrected chi connectivity index (χ0v) is 15.6. The molecule has 1 spiro atoms. The first kappa shape index (κ1) is 17.9. The lowest BCUT2D eigenvalue weighted by atomic mass is 9.51. The normalized spacial score (nSPS) is 48.6. The van der Waals surface area contributed by atoms with Crippen LogP contribution in [-0.4, -0.2) is 60.3 Å². The van der Waals surface area contributed by atoms with Crippen LogP contribution in [-0.2, 0) is 28.5 Å². The van der Waals surface area contributed by atoms with Crippen LogP contribution in [0.3, 0.4) is 0 Å². The molecule has 7 nitrogen and oxygen atoms in total. The van der Waals surface area contributed by atoms with Gasteiger partial charge in [-0.25, -0.2) is 0 Å². The van der Waals surface area contributed by atoms with Crippen LogP contribution < -0.4 is 0 Å². The molecule has 2 heterocycles. The van der Waals surface area contributed by atoms with Crippen molar-refractivity contribution in [2.24, 2.45) is 10.8 Å². The van der Waals surface area contributed by atoms with Crippen LogP contribution >= 0.6 is 0 Å². The van der Waals surface area contributed by atoms with Crippen molar-refractivity contribution in [1.82, 2.24) is 0 Å². The number of rotatable bonds is 3. The molecule has 0 aromatic heterocycles. The second-order valence-corrected chi connectivity index (χ2v) is 8.33. The van der Waals surface area contributed by atoms with Gasteiger partial charge in [-0.05, 0) is 19.8 Å². The predicted octanol–water partition coefficient (Wildman–Crippen LogP) is 1.12. The summed E-state index contributed by atoms with van der Waals surface area (Å²) in [5.41, 5.74) is -0.890. The summed E-state index contributed by atoms with van der Waals surface area (Å²) in [6, 6.07) is 0. The van der Waals surface area contributed by atoms with Crippen LogP contribution in [0.5, 0.6) is 0 Å². The summed E-state index contributed by atoms with van der Waals surface area (Å²) in [6.07, 6.45) is 0.896. The summed E-state index contributed by atoms with van der Waals surface area (Å²) >= 11 is 0. The van der Waals surface area contributed by atoms with Gasteiger partial charge in [0, 0.05) is 19.3 Å². The summed E-state index contributed by atoms with van der Waals surface area (Å²) in [4.78, 5) is 23.4. The average Bonchev–Trinajstić information content (AvgIpc) is 3.34. The molecule has 26 heavy (non-hydrogen) atoms. The lowest BCUT2D eigenvalue weighted by molar-refractivity contribution is -0.233. The molecule has 2 saturated heterocycles. The maximum atomic E-state index is 11.8. The van der Waals surface area contributed by atoms with Crippen LogP contribution in [0.1, 0.15) is 40.5 Å². The van der Waals surface area contributed by atoms with Crippen LogP contribution in [0.25, 0.3) is 0 Å². The van der Waals surface area contributed by atoms with Gasteiger partial charge >= 0.3 is 11.9 Å². The number of aliphatic hydroxyl groups excluding tert-OH is 1. The zero-order chi connectivity index (χ0) is 18.9. The minimum Gasteiger partial charge on any atom is -0.465 e. The van der Waals surface area contributed by atoms with E-state index in [0.717, 1.165) is 6.42 Å². The van der Waals surface area contributed by atoms with E-state index in [9.17, 15) is 14.7 Å². The highest BCUT2D eigenvalue weighted by molar-refractivity contribution is 5.67. The zero-order valence-electron chi connectivity index (χ0n) is 15.6. The number of aliphatic hydroxyl groups is 1. The second kappa shape index (κ2) is 5.53. The second-order valence-electron chi connectivity index (χ2n) is 8.33. The Morgan fingerprint density at radius 2 is 2.04 bits per heavy atom. The number of fused-ring (bicyclic) bond motifs is 2. The van der Waals surface area contributed by atoms with Crippen molar-refractivity contribution in [3.8, 4) is 0 Å². The van der Waals surface area contributed by atoms with Crippen LogP contribution in [0.2, 0.25) is 0 Å². The number of allylic oxidation sites excluding steroid dienone is 1. The third-order valence-electron chi connectivity index (χ3n) is 7.08. The lowest BCUT2D eigenvalue weighted by Gasteiger charge is -2.58. The SMILES string of the molecule is CC(=O)OC[C@]12CCC(C)=C[C@H]1O[C@H]1[C@H](O)[C@H](OC(C)=O)[C@]2(C)[C@]12CO2. The molecule has 3 fully saturated rings. The van der Waals surface area contributed by atoms with Crippen molar-refractivity contribution < 1.29 is 33.6 Å². The van der Waals surface area contributed by atoms with Crippen molar-refractivity contribution in [3.05, 3.63) is 11.6 Å². The van der Waals surface area contributed by atoms with Crippen molar-refractivity contribution in [2.75, 3.05) is 13.2 Å². The number of ether oxygens (including phenoxy) is 4. The van der Waals surface area contributed by atoms with E-state index in [1.807, 2.05) is 13.8 Å². The molecule has 2 bridgehead atoms. The first-order valence-electron chi connectivity index (χ1n) is 9.13. The van der Waals surface area contributed by atoms with E-state index in [4.69, 9.17) is 18.9 Å². The van der Waals surface area contributed by atoms with Crippen molar-refractivity contribution in [3.63, 3.8) is 0 Å². The quantitative estimate of drug-likeness (QED) is 0.454. The Morgan fingerprint density at radius 1 is 1.35 bits per heavy atom. The molecule has 0 aromatic rings. The van der Waals surface area contributed by atoms with Gasteiger partial charge < -0.3 is 24.1 Å². The number of hydrogen-bond acceptors (Lipinski definition) is 7. The van der Waals surface area contributed by atoms with Gasteiger partial charge in [0.25, 0.3) is 0 Å². The number of carbonyl (C=O) groups excluding carboxylic acids is 2. The van der Waals surface area contributed by atoms with Gasteiger partial charge in [-0.1, -0.05) is 18.6 Å². The van der Waals surface area contributed by atoms with Crippen LogP contribution in [0, 0.1) is 10.8 Å². The summed E-state index contributed by atoms with van der Waals surface area (Å²) in [5.74, 6) is -0.830. The molecule has 1 N–H and O–H groups in total. The van der Waals surface area contributed by atoms with Crippen molar-refractivity contribution in [2.45, 2.75) is 70.6 Å². The topological polar surface area (TPSA) is 94.6 Å². The number of carbonyl (C=O) groups is 2. The predicted molar refractivity (Wildman–Crippen MR) is 89.1 cm³/mol. The summed E-state index contributed by atoms with van der Waals surface area (Å²) < 4.78 is 23.3. The van der Waals surface area contributed by atoms with E-state index in [2.05, 4.69) is 6.08 Å². The molecular weight excluding hydrogens is 340 g/mol. The third kappa shape index (κ3) is 2.05. The first-order chi connectivity index (χ1) is 12.2. The molecule has 7 heteroatoms. The highest BCUT2D eigenvalue weighted by Crippen LogP contribution is 2.72. The monoisotopic (exact) mass is 366 g/mol. The Morgan fingerprint density at radius 3 is 2.62 bits per heavy atom. The van der Waals surface area contributed by atoms with Gasteiger partial charge in [-0.2, -0.15) is 0 Å². The summed E-state index contributed by atoms with van der Waals surface area (Å²) in [6.45, 7) is 7.31. The van der Waals surface area contributed by atoms with Gasteiger partial charge in [0.05, 0.1) is 18.1 Å². The van der Waals surface area contributed by atoms with E-state index >= 15 is 0 Å². The maximum Gasteiger partial charge on any atom is 0.303 e.